The van der Waals surface area contributed by atoms with Gasteiger partial charge >= 0.3 is 8.80 Å². The highest BCUT2D eigenvalue weighted by atomic mass is 127. The predicted molar refractivity (Wildman–Crippen MR) is 67.5 cm³/mol. The van der Waals surface area contributed by atoms with E-state index in [0.717, 1.165) is 0 Å². The van der Waals surface area contributed by atoms with Crippen molar-refractivity contribution in [3.05, 3.63) is 12.2 Å². The van der Waals surface area contributed by atoms with Gasteiger partial charge < -0.3 is 18.6 Å². The number of alkyl halides is 1. The average molecular weight is 345 g/mol. The molecule has 0 spiro atoms. The Morgan fingerprint density at radius 3 is 2.00 bits per heavy atom. The zero-order valence-electron chi connectivity index (χ0n) is 9.30. The molecule has 0 aliphatic carbocycles. The Kier molecular flexibility index (Phi) is 6.60. The number of hydrogen-bond donors (Lipinski definition) is 1. The van der Waals surface area contributed by atoms with Gasteiger partial charge in [0, 0.05) is 26.9 Å². The fraction of sp³-hybridized carbons (Fsp3) is 0.625. The van der Waals surface area contributed by atoms with Crippen LogP contribution in [0.1, 0.15) is 6.92 Å². The fourth-order valence-corrected chi connectivity index (χ4v) is 4.89. The highest BCUT2D eigenvalue weighted by Crippen LogP contribution is 2.17. The van der Waals surface area contributed by atoms with Gasteiger partial charge in [0.05, 0.1) is 0 Å². The lowest BCUT2D eigenvalue weighted by Gasteiger charge is -2.29. The molecule has 15 heavy (non-hydrogen) atoms. The minimum atomic E-state index is -2.82. The van der Waals surface area contributed by atoms with Crippen LogP contribution in [0, 0.1) is 0 Å². The molecule has 0 fully saturated rings. The van der Waals surface area contributed by atoms with Crippen LogP contribution in [0.3, 0.4) is 0 Å². The van der Waals surface area contributed by atoms with E-state index < -0.39 is 8.80 Å². The lowest BCUT2D eigenvalue weighted by Crippen LogP contribution is -2.58. The van der Waals surface area contributed by atoms with Crippen LogP contribution in [0.4, 0.5) is 0 Å². The van der Waals surface area contributed by atoms with Crippen LogP contribution in [0.25, 0.3) is 0 Å². The van der Waals surface area contributed by atoms with E-state index in [1.54, 1.807) is 6.92 Å². The first-order chi connectivity index (χ1) is 6.93. The summed E-state index contributed by atoms with van der Waals surface area (Å²) in [4.78, 5) is 11.4. The molecule has 0 bridgehead atoms. The molecule has 0 aliphatic rings. The van der Waals surface area contributed by atoms with Crippen molar-refractivity contribution in [2.24, 2.45) is 0 Å². The van der Waals surface area contributed by atoms with E-state index >= 15 is 0 Å². The summed E-state index contributed by atoms with van der Waals surface area (Å²) in [6.07, 6.45) is 0. The Bertz CT molecular complexity index is 237. The molecule has 0 aromatic carbocycles. The minimum absolute atomic E-state index is 0.238. The van der Waals surface area contributed by atoms with E-state index in [4.69, 9.17) is 13.3 Å². The van der Waals surface area contributed by atoms with Gasteiger partial charge in [0.15, 0.2) is 3.67 Å². The van der Waals surface area contributed by atoms with Crippen LogP contribution in [0.15, 0.2) is 12.2 Å². The van der Waals surface area contributed by atoms with Gasteiger partial charge in [-0.25, -0.2) is 0 Å². The second-order valence-electron chi connectivity index (χ2n) is 2.83. The standard InChI is InChI=1S/C8H16INO4Si/c1-6(2)7(11)10-8(9)15(12-3,13-4)14-5/h8H,1H2,2-5H3,(H,10,11). The molecule has 0 heterocycles. The highest BCUT2D eigenvalue weighted by Gasteiger charge is 2.47. The lowest BCUT2D eigenvalue weighted by molar-refractivity contribution is -0.117. The Morgan fingerprint density at radius 1 is 1.33 bits per heavy atom. The number of amides is 1. The third-order valence-corrected chi connectivity index (χ3v) is 6.88. The second kappa shape index (κ2) is 6.58. The molecule has 0 rings (SSSR count). The molecule has 1 atom stereocenters. The van der Waals surface area contributed by atoms with Gasteiger partial charge in [0.25, 0.3) is 0 Å². The number of carbonyl (C=O) groups excluding carboxylic acids is 1. The van der Waals surface area contributed by atoms with Gasteiger partial charge in [-0.1, -0.05) is 29.2 Å². The first kappa shape index (κ1) is 15.0. The van der Waals surface area contributed by atoms with E-state index in [1.165, 1.54) is 21.3 Å². The Hall–Kier alpha value is 0.0369. The molecular formula is C8H16INO4Si. The second-order valence-corrected chi connectivity index (χ2v) is 8.26. The van der Waals surface area contributed by atoms with Gasteiger partial charge in [-0.15, -0.1) is 0 Å². The molecule has 7 heteroatoms. The topological polar surface area (TPSA) is 56.8 Å². The molecule has 0 radical (unpaired) electrons. The largest absolute Gasteiger partial charge is 0.534 e. The summed E-state index contributed by atoms with van der Waals surface area (Å²) in [7, 11) is 1.68. The SMILES string of the molecule is C=C(C)C(=O)NC(I)[Si](OC)(OC)OC. The van der Waals surface area contributed by atoms with Gasteiger partial charge in [-0.05, 0) is 6.92 Å². The summed E-state index contributed by atoms with van der Waals surface area (Å²) in [6, 6.07) is 0. The number of rotatable bonds is 6. The Morgan fingerprint density at radius 2 is 1.73 bits per heavy atom. The Labute approximate surface area is 105 Å². The lowest BCUT2D eigenvalue weighted by atomic mass is 10.3. The van der Waals surface area contributed by atoms with Crippen LogP contribution in [-0.2, 0) is 18.1 Å². The Balaban J connectivity index is 4.58. The van der Waals surface area contributed by atoms with Crippen molar-refractivity contribution in [2.45, 2.75) is 10.6 Å². The molecular weight excluding hydrogens is 329 g/mol. The van der Waals surface area contributed by atoms with E-state index in [0.29, 0.717) is 5.57 Å². The quantitative estimate of drug-likeness (QED) is 0.255. The number of hydrogen-bond acceptors (Lipinski definition) is 4. The normalized spacial score (nSPS) is 13.4. The van der Waals surface area contributed by atoms with E-state index in [2.05, 4.69) is 11.9 Å². The van der Waals surface area contributed by atoms with Gasteiger partial charge in [-0.2, -0.15) is 0 Å². The summed E-state index contributed by atoms with van der Waals surface area (Å²) in [5.41, 5.74) is 0.433. The van der Waals surface area contributed by atoms with Crippen LogP contribution >= 0.6 is 22.6 Å². The molecule has 88 valence electrons. The molecule has 5 nitrogen and oxygen atoms in total. The molecule has 0 aromatic heterocycles. The van der Waals surface area contributed by atoms with Crippen LogP contribution in [-0.4, -0.2) is 39.7 Å². The van der Waals surface area contributed by atoms with Gasteiger partial charge in [0.1, 0.15) is 0 Å². The summed E-state index contributed by atoms with van der Waals surface area (Å²) in [6.45, 7) is 5.18. The zero-order valence-corrected chi connectivity index (χ0v) is 12.5. The van der Waals surface area contributed by atoms with Crippen LogP contribution < -0.4 is 5.32 Å². The first-order valence-corrected chi connectivity index (χ1v) is 7.24. The monoisotopic (exact) mass is 345 g/mol. The molecule has 1 unspecified atom stereocenters. The maximum atomic E-state index is 11.4. The van der Waals surface area contributed by atoms with E-state index in [1.807, 2.05) is 22.6 Å². The zero-order chi connectivity index (χ0) is 12.1. The number of carbonyl (C=O) groups is 1. The van der Waals surface area contributed by atoms with Gasteiger partial charge in [0.2, 0.25) is 5.91 Å². The smallest absolute Gasteiger partial charge is 0.375 e. The minimum Gasteiger partial charge on any atom is -0.375 e. The molecule has 0 saturated heterocycles. The maximum Gasteiger partial charge on any atom is 0.534 e. The van der Waals surface area contributed by atoms with E-state index in [9.17, 15) is 4.79 Å². The fourth-order valence-electron chi connectivity index (χ4n) is 0.887. The molecule has 1 N–H and O–H groups in total. The van der Waals surface area contributed by atoms with Crippen molar-refractivity contribution in [1.82, 2.24) is 5.32 Å². The van der Waals surface area contributed by atoms with Crippen molar-refractivity contribution in [2.75, 3.05) is 21.3 Å². The third-order valence-electron chi connectivity index (χ3n) is 1.81. The number of nitrogens with one attached hydrogen (secondary N) is 1. The predicted octanol–water partition coefficient (Wildman–Crippen LogP) is 0.857. The summed E-state index contributed by atoms with van der Waals surface area (Å²) >= 11 is 2.02. The van der Waals surface area contributed by atoms with Crippen molar-refractivity contribution >= 4 is 37.3 Å². The molecule has 0 saturated carbocycles. The summed E-state index contributed by atoms with van der Waals surface area (Å²) in [5, 5.41) is 2.71. The average Bonchev–Trinajstić information content (AvgIpc) is 2.21. The van der Waals surface area contributed by atoms with Crippen molar-refractivity contribution < 1.29 is 18.1 Å². The van der Waals surface area contributed by atoms with Crippen LogP contribution in [0.5, 0.6) is 0 Å². The van der Waals surface area contributed by atoms with E-state index in [-0.39, 0.29) is 9.58 Å². The van der Waals surface area contributed by atoms with Gasteiger partial charge in [-0.3, -0.25) is 4.79 Å². The van der Waals surface area contributed by atoms with Crippen LogP contribution in [0.2, 0.25) is 0 Å². The summed E-state index contributed by atoms with van der Waals surface area (Å²) in [5.74, 6) is -0.238. The molecule has 0 aliphatic heterocycles. The van der Waals surface area contributed by atoms with Crippen molar-refractivity contribution in [3.8, 4) is 0 Å². The van der Waals surface area contributed by atoms with Crippen molar-refractivity contribution in [3.63, 3.8) is 0 Å². The maximum absolute atomic E-state index is 11.4. The summed E-state index contributed by atoms with van der Waals surface area (Å²) < 4.78 is 15.3. The van der Waals surface area contributed by atoms with Crippen molar-refractivity contribution in [1.29, 1.82) is 0 Å². The third kappa shape index (κ3) is 3.83. The first-order valence-electron chi connectivity index (χ1n) is 4.19. The molecule has 0 aromatic rings. The number of halogens is 1. The highest BCUT2D eigenvalue weighted by molar-refractivity contribution is 14.1. The molecule has 1 amide bonds.